The Morgan fingerprint density at radius 2 is 1.16 bits per heavy atom. The number of aliphatic hydroxyl groups is 10. The molecule has 25 nitrogen and oxygen atoms in total. The molecule has 0 aromatic carbocycles. The number of rotatable bonds is 15. The third-order valence-electron chi connectivity index (χ3n) is 9.53. The van der Waals surface area contributed by atoms with Gasteiger partial charge in [-0.2, -0.15) is 0 Å². The maximum absolute atomic E-state index is 12.8. The predicted octanol–water partition coefficient (Wildman–Crippen LogP) is -7.85. The molecule has 4 rings (SSSR count). The number of carboxylic acids is 1. The summed E-state index contributed by atoms with van der Waals surface area (Å²) in [5.41, 5.74) is 0. The lowest BCUT2D eigenvalue weighted by molar-refractivity contribution is -0.385. The van der Waals surface area contributed by atoms with Gasteiger partial charge in [-0.1, -0.05) is 0 Å². The largest absolute Gasteiger partial charge is 0.479 e. The summed E-state index contributed by atoms with van der Waals surface area (Å²) < 4.78 is 59.6. The predicted molar refractivity (Wildman–Crippen MR) is 169 cm³/mol. The molecule has 11 N–H and O–H groups in total. The van der Waals surface area contributed by atoms with E-state index in [9.17, 15) is 70.6 Å². The van der Waals surface area contributed by atoms with Crippen LogP contribution in [0.15, 0.2) is 0 Å². The van der Waals surface area contributed by atoms with Crippen molar-refractivity contribution in [3.63, 3.8) is 0 Å². The molecule has 0 aromatic rings. The standard InChI is InChI=1S/C31H50O25/c1-8-20(46-3)14(37)18(41)29(49-8)54-22-13(36)12(7-48-9(2)34)51-31(25(22)52-27(45)10(35)5-32)55-23-16(39)19(42)30(56-24(23)26(43)44)53-21-11(6-33)50-28(47-4)17(40)15(21)38/h8,10-25,28-33,35-42H,5-7H2,1-4H3,(H,43,44). The number of hydrogen-bond acceptors (Lipinski definition) is 24. The van der Waals surface area contributed by atoms with Crippen molar-refractivity contribution < 1.29 is 123 Å². The maximum Gasteiger partial charge on any atom is 0.337 e. The Balaban J connectivity index is 1.68. The number of aliphatic carboxylic acids is 1. The summed E-state index contributed by atoms with van der Waals surface area (Å²) >= 11 is 0. The summed E-state index contributed by atoms with van der Waals surface area (Å²) in [6.45, 7) is -0.348. The molecular weight excluding hydrogens is 772 g/mol. The molecule has 0 aromatic heterocycles. The summed E-state index contributed by atoms with van der Waals surface area (Å²) in [5.74, 6) is -4.32. The lowest BCUT2D eigenvalue weighted by Crippen LogP contribution is -2.68. The third kappa shape index (κ3) is 10.1. The van der Waals surface area contributed by atoms with Gasteiger partial charge >= 0.3 is 17.9 Å². The molecule has 0 bridgehead atoms. The van der Waals surface area contributed by atoms with Crippen LogP contribution in [0.4, 0.5) is 0 Å². The van der Waals surface area contributed by atoms with Crippen molar-refractivity contribution in [2.75, 3.05) is 34.0 Å². The Bertz CT molecular complexity index is 1290. The van der Waals surface area contributed by atoms with Gasteiger partial charge in [-0.15, -0.1) is 0 Å². The first kappa shape index (κ1) is 46.3. The molecule has 21 unspecified atom stereocenters. The van der Waals surface area contributed by atoms with Gasteiger partial charge in [0.1, 0.15) is 86.0 Å². The molecule has 0 aliphatic carbocycles. The zero-order valence-electron chi connectivity index (χ0n) is 30.4. The van der Waals surface area contributed by atoms with Crippen molar-refractivity contribution in [2.24, 2.45) is 0 Å². The first-order chi connectivity index (χ1) is 26.4. The minimum Gasteiger partial charge on any atom is -0.479 e. The zero-order chi connectivity index (χ0) is 41.8. The summed E-state index contributed by atoms with van der Waals surface area (Å²) in [6, 6.07) is 0. The van der Waals surface area contributed by atoms with Crippen LogP contribution in [0.3, 0.4) is 0 Å². The second-order valence-electron chi connectivity index (χ2n) is 13.3. The molecule has 0 saturated carbocycles. The van der Waals surface area contributed by atoms with Crippen molar-refractivity contribution in [1.82, 2.24) is 0 Å². The molecule has 4 fully saturated rings. The second-order valence-corrected chi connectivity index (χ2v) is 13.3. The van der Waals surface area contributed by atoms with Crippen LogP contribution in [-0.4, -0.2) is 237 Å². The molecule has 25 heteroatoms. The molecule has 56 heavy (non-hydrogen) atoms. The molecular formula is C31H50O25. The number of carbonyl (C=O) groups is 3. The molecule has 4 aliphatic rings. The van der Waals surface area contributed by atoms with Gasteiger partial charge in [0.15, 0.2) is 43.5 Å². The van der Waals surface area contributed by atoms with Gasteiger partial charge in [0.2, 0.25) is 0 Å². The van der Waals surface area contributed by atoms with E-state index in [2.05, 4.69) is 0 Å². The smallest absolute Gasteiger partial charge is 0.337 e. The Kier molecular flexibility index (Phi) is 16.6. The fourth-order valence-corrected chi connectivity index (χ4v) is 6.53. The van der Waals surface area contributed by atoms with Crippen LogP contribution >= 0.6 is 0 Å². The van der Waals surface area contributed by atoms with Crippen molar-refractivity contribution in [1.29, 1.82) is 0 Å². The molecule has 324 valence electrons. The number of esters is 2. The highest BCUT2D eigenvalue weighted by Gasteiger charge is 2.58. The van der Waals surface area contributed by atoms with Gasteiger partial charge in [0.05, 0.1) is 19.3 Å². The number of aliphatic hydroxyl groups excluding tert-OH is 10. The fourth-order valence-electron chi connectivity index (χ4n) is 6.53. The van der Waals surface area contributed by atoms with Crippen LogP contribution in [0.1, 0.15) is 13.8 Å². The van der Waals surface area contributed by atoms with Gasteiger partial charge in [-0.3, -0.25) is 4.79 Å². The van der Waals surface area contributed by atoms with E-state index in [4.69, 9.17) is 52.1 Å². The number of carbonyl (C=O) groups excluding carboxylic acids is 2. The van der Waals surface area contributed by atoms with E-state index in [1.54, 1.807) is 0 Å². The van der Waals surface area contributed by atoms with Crippen LogP contribution in [-0.2, 0) is 66.5 Å². The van der Waals surface area contributed by atoms with Crippen molar-refractivity contribution in [3.05, 3.63) is 0 Å². The van der Waals surface area contributed by atoms with Gasteiger partial charge in [0.25, 0.3) is 0 Å². The minimum atomic E-state index is -2.33. The Morgan fingerprint density at radius 3 is 1.71 bits per heavy atom. The van der Waals surface area contributed by atoms with Crippen LogP contribution < -0.4 is 0 Å². The monoisotopic (exact) mass is 822 g/mol. The fraction of sp³-hybridized carbons (Fsp3) is 0.903. The first-order valence-electron chi connectivity index (χ1n) is 17.3. The third-order valence-corrected chi connectivity index (χ3v) is 9.53. The lowest BCUT2D eigenvalue weighted by Gasteiger charge is -2.49. The summed E-state index contributed by atoms with van der Waals surface area (Å²) in [4.78, 5) is 37.1. The Labute approximate surface area is 317 Å². The highest BCUT2D eigenvalue weighted by atomic mass is 16.8. The highest BCUT2D eigenvalue weighted by molar-refractivity contribution is 5.75. The molecule has 0 amide bonds. The van der Waals surface area contributed by atoms with Gasteiger partial charge < -0.3 is 108 Å². The van der Waals surface area contributed by atoms with Crippen molar-refractivity contribution in [2.45, 2.75) is 143 Å². The van der Waals surface area contributed by atoms with Gasteiger partial charge in [-0.05, 0) is 6.92 Å². The molecule has 4 aliphatic heterocycles. The Hall–Kier alpha value is -2.35. The van der Waals surface area contributed by atoms with E-state index < -0.39 is 167 Å². The zero-order valence-corrected chi connectivity index (χ0v) is 30.4. The normalized spacial score (nSPS) is 45.1. The van der Waals surface area contributed by atoms with E-state index in [1.807, 2.05) is 0 Å². The molecule has 21 atom stereocenters. The SMILES string of the molecule is COC1OC(CO)C(OC2OC(C(=O)O)C(OC3OC(COC(C)=O)C(O)C(OC4OC(C)C(OC)C(O)C4O)C3OC(=O)C(O)CO)C(O)C2O)C(O)C1O. The van der Waals surface area contributed by atoms with Gasteiger partial charge in [-0.25, -0.2) is 9.59 Å². The van der Waals surface area contributed by atoms with Crippen LogP contribution in [0.25, 0.3) is 0 Å². The molecule has 0 spiro atoms. The number of carboxylic acid groups (broad SMARTS) is 1. The van der Waals surface area contributed by atoms with E-state index in [-0.39, 0.29) is 0 Å². The van der Waals surface area contributed by atoms with Crippen LogP contribution in [0.2, 0.25) is 0 Å². The average Bonchev–Trinajstić information content (AvgIpc) is 3.16. The van der Waals surface area contributed by atoms with E-state index in [0.717, 1.165) is 14.0 Å². The molecule has 0 radical (unpaired) electrons. The Morgan fingerprint density at radius 1 is 0.625 bits per heavy atom. The van der Waals surface area contributed by atoms with Crippen molar-refractivity contribution in [3.8, 4) is 0 Å². The molecule has 4 heterocycles. The number of ether oxygens (including phenoxy) is 11. The maximum atomic E-state index is 12.8. The summed E-state index contributed by atoms with van der Waals surface area (Å²) in [6.07, 6.45) is -39.2. The minimum absolute atomic E-state index is 0.771. The first-order valence-corrected chi connectivity index (χ1v) is 17.3. The number of hydrogen-bond donors (Lipinski definition) is 11. The highest BCUT2D eigenvalue weighted by Crippen LogP contribution is 2.36. The van der Waals surface area contributed by atoms with Crippen molar-refractivity contribution >= 4 is 17.9 Å². The molecule has 4 saturated heterocycles. The van der Waals surface area contributed by atoms with Crippen LogP contribution in [0.5, 0.6) is 0 Å². The van der Waals surface area contributed by atoms with E-state index in [1.165, 1.54) is 14.0 Å². The van der Waals surface area contributed by atoms with Crippen LogP contribution in [0, 0.1) is 0 Å². The van der Waals surface area contributed by atoms with Gasteiger partial charge in [0, 0.05) is 21.1 Å². The van der Waals surface area contributed by atoms with E-state index in [0.29, 0.717) is 0 Å². The average molecular weight is 823 g/mol. The lowest BCUT2D eigenvalue weighted by atomic mass is 9.95. The second kappa shape index (κ2) is 20.1. The quantitative estimate of drug-likeness (QED) is 0.0683. The van der Waals surface area contributed by atoms with E-state index >= 15 is 0 Å². The summed E-state index contributed by atoms with van der Waals surface area (Å²) in [5, 5.41) is 116. The number of methoxy groups -OCH3 is 2. The topological polar surface area (TPSA) is 375 Å². The summed E-state index contributed by atoms with van der Waals surface area (Å²) in [7, 11) is 2.37.